The van der Waals surface area contributed by atoms with Crippen LogP contribution in [0.15, 0.2) is 36.5 Å². The Kier molecular flexibility index (Phi) is 8.89. The summed E-state index contributed by atoms with van der Waals surface area (Å²) in [5, 5.41) is 15.9. The number of nitrogens with zero attached hydrogens (tertiary/aromatic N) is 1. The van der Waals surface area contributed by atoms with Crippen molar-refractivity contribution in [2.75, 3.05) is 11.9 Å². The molecule has 26 heavy (non-hydrogen) atoms. The summed E-state index contributed by atoms with van der Waals surface area (Å²) in [6.45, 7) is 0.430. The molecule has 1 aromatic carbocycles. The predicted octanol–water partition coefficient (Wildman–Crippen LogP) is 3.69. The summed E-state index contributed by atoms with van der Waals surface area (Å²) in [5.74, 6) is 0.601. The molecule has 10 heteroatoms. The number of aromatic nitrogens is 1. The number of pyridine rings is 1. The number of anilines is 1. The van der Waals surface area contributed by atoms with E-state index in [0.717, 1.165) is 0 Å². The third-order valence-corrected chi connectivity index (χ3v) is 4.01. The van der Waals surface area contributed by atoms with Crippen molar-refractivity contribution in [3.05, 3.63) is 46.6 Å². The maximum absolute atomic E-state index is 12.1. The highest BCUT2D eigenvalue weighted by Crippen LogP contribution is 2.29. The number of hydrogen-bond donors (Lipinski definition) is 3. The molecule has 2 atom stereocenters. The molecule has 142 valence electrons. The van der Waals surface area contributed by atoms with Crippen LogP contribution < -0.4 is 15.4 Å². The summed E-state index contributed by atoms with van der Waals surface area (Å²) < 4.78 is 5.58. The monoisotopic (exact) mass is 439 g/mol. The van der Waals surface area contributed by atoms with Crippen molar-refractivity contribution in [1.82, 2.24) is 10.3 Å². The van der Waals surface area contributed by atoms with Crippen LogP contribution in [0, 0.1) is 0 Å². The highest BCUT2D eigenvalue weighted by Gasteiger charge is 2.27. The Morgan fingerprint density at radius 1 is 1.27 bits per heavy atom. The van der Waals surface area contributed by atoms with Crippen LogP contribution in [0.3, 0.4) is 0 Å². The van der Waals surface area contributed by atoms with Crippen molar-refractivity contribution in [2.45, 2.75) is 18.6 Å². The Morgan fingerprint density at radius 3 is 2.54 bits per heavy atom. The van der Waals surface area contributed by atoms with Gasteiger partial charge in [-0.15, -0.1) is 24.8 Å². The quantitative estimate of drug-likeness (QED) is 0.675. The predicted molar refractivity (Wildman–Crippen MR) is 106 cm³/mol. The zero-order valence-electron chi connectivity index (χ0n) is 13.3. The molecule has 2 aromatic rings. The molecule has 1 fully saturated rings. The van der Waals surface area contributed by atoms with Gasteiger partial charge in [0.15, 0.2) is 0 Å². The van der Waals surface area contributed by atoms with Crippen LogP contribution in [0.4, 0.5) is 5.69 Å². The molecule has 2 unspecified atom stereocenters. The van der Waals surface area contributed by atoms with Gasteiger partial charge in [-0.2, -0.15) is 0 Å². The second kappa shape index (κ2) is 10.2. The molecule has 3 N–H and O–H groups in total. The molecule has 1 aromatic heterocycles. The van der Waals surface area contributed by atoms with Crippen molar-refractivity contribution in [3.8, 4) is 11.6 Å². The number of carbonyl (C=O) groups excluding carboxylic acids is 1. The number of amides is 1. The molecule has 1 aliphatic heterocycles. The Balaban J connectivity index is 0.00000169. The lowest BCUT2D eigenvalue weighted by atomic mass is 10.2. The fourth-order valence-electron chi connectivity index (χ4n) is 2.34. The maximum Gasteiger partial charge on any atom is 0.241 e. The minimum Gasteiger partial charge on any atom is -0.438 e. The van der Waals surface area contributed by atoms with Crippen LogP contribution in [-0.4, -0.2) is 34.7 Å². The Hall–Kier alpha value is -1.28. The van der Waals surface area contributed by atoms with E-state index in [9.17, 15) is 9.90 Å². The summed E-state index contributed by atoms with van der Waals surface area (Å²) >= 11 is 11.8. The van der Waals surface area contributed by atoms with E-state index in [-0.39, 0.29) is 42.6 Å². The number of aliphatic hydroxyl groups excluding tert-OH is 1. The number of hydrogen-bond acceptors (Lipinski definition) is 5. The maximum atomic E-state index is 12.1. The number of nitrogens with one attached hydrogen (secondary N) is 2. The largest absolute Gasteiger partial charge is 0.438 e. The Labute approximate surface area is 173 Å². The third-order valence-electron chi connectivity index (χ3n) is 3.53. The molecule has 6 nitrogen and oxygen atoms in total. The third kappa shape index (κ3) is 5.87. The van der Waals surface area contributed by atoms with Crippen molar-refractivity contribution < 1.29 is 14.6 Å². The van der Waals surface area contributed by atoms with E-state index in [1.54, 1.807) is 30.3 Å². The standard InChI is InChI=1S/C16H15Cl2N3O3.2ClH/c17-9-5-13(18)16(20-7-9)24-12-3-1-10(2-4-12)21-15(23)14-6-11(22)8-19-14;;/h1-5,7,11,14,19,22H,6,8H2,(H,21,23);2*1H. The zero-order valence-corrected chi connectivity index (χ0v) is 16.5. The zero-order chi connectivity index (χ0) is 17.1. The van der Waals surface area contributed by atoms with Crippen LogP contribution in [0.25, 0.3) is 0 Å². The molecule has 0 bridgehead atoms. The van der Waals surface area contributed by atoms with Crippen LogP contribution in [-0.2, 0) is 4.79 Å². The van der Waals surface area contributed by atoms with Crippen LogP contribution >= 0.6 is 48.0 Å². The number of rotatable bonds is 4. The normalized spacial score (nSPS) is 18.4. The van der Waals surface area contributed by atoms with E-state index in [0.29, 0.717) is 34.4 Å². The van der Waals surface area contributed by atoms with E-state index in [1.165, 1.54) is 6.20 Å². The number of β-amino-alcohol motifs (C(OH)–C–C–N with tert-alkyl or cyclic N) is 1. The molecule has 3 rings (SSSR count). The summed E-state index contributed by atoms with van der Waals surface area (Å²) in [4.78, 5) is 16.1. The number of carbonyl (C=O) groups is 1. The minimum atomic E-state index is -0.479. The van der Waals surface area contributed by atoms with Crippen molar-refractivity contribution >= 4 is 59.6 Å². The first-order chi connectivity index (χ1) is 11.5. The van der Waals surface area contributed by atoms with Crippen molar-refractivity contribution in [2.24, 2.45) is 0 Å². The van der Waals surface area contributed by atoms with Gasteiger partial charge in [0, 0.05) is 18.4 Å². The van der Waals surface area contributed by atoms with Gasteiger partial charge >= 0.3 is 0 Å². The summed E-state index contributed by atoms with van der Waals surface area (Å²) in [6, 6.07) is 7.97. The summed E-state index contributed by atoms with van der Waals surface area (Å²) in [6.07, 6.45) is 1.38. The molecule has 1 saturated heterocycles. The lowest BCUT2D eigenvalue weighted by Gasteiger charge is -2.12. The van der Waals surface area contributed by atoms with E-state index in [2.05, 4.69) is 15.6 Å². The topological polar surface area (TPSA) is 83.5 Å². The fourth-order valence-corrected chi connectivity index (χ4v) is 2.76. The first-order valence-corrected chi connectivity index (χ1v) is 8.08. The highest BCUT2D eigenvalue weighted by atomic mass is 35.5. The van der Waals surface area contributed by atoms with E-state index in [1.807, 2.05) is 0 Å². The highest BCUT2D eigenvalue weighted by molar-refractivity contribution is 6.35. The van der Waals surface area contributed by atoms with E-state index >= 15 is 0 Å². The molecule has 1 amide bonds. The minimum absolute atomic E-state index is 0. The Morgan fingerprint density at radius 2 is 1.96 bits per heavy atom. The van der Waals surface area contributed by atoms with Gasteiger partial charge in [-0.1, -0.05) is 23.2 Å². The van der Waals surface area contributed by atoms with Crippen molar-refractivity contribution in [3.63, 3.8) is 0 Å². The summed E-state index contributed by atoms with van der Waals surface area (Å²) in [5.41, 5.74) is 0.630. The Bertz CT molecular complexity index is 746. The second-order valence-corrected chi connectivity index (χ2v) is 6.25. The lowest BCUT2D eigenvalue weighted by molar-refractivity contribution is -0.117. The SMILES string of the molecule is Cl.Cl.O=C(Nc1ccc(Oc2ncc(Cl)cc2Cl)cc1)C1CC(O)CN1. The summed E-state index contributed by atoms with van der Waals surface area (Å²) in [7, 11) is 0. The van der Waals surface area contributed by atoms with Gasteiger partial charge in [-0.3, -0.25) is 4.79 Å². The number of halogens is 4. The molecule has 2 heterocycles. The molecule has 0 saturated carbocycles. The van der Waals surface area contributed by atoms with E-state index in [4.69, 9.17) is 27.9 Å². The number of benzene rings is 1. The number of ether oxygens (including phenoxy) is 1. The van der Waals surface area contributed by atoms with Crippen LogP contribution in [0.5, 0.6) is 11.6 Å². The van der Waals surface area contributed by atoms with E-state index < -0.39 is 6.10 Å². The van der Waals surface area contributed by atoms with Gasteiger partial charge in [0.1, 0.15) is 10.8 Å². The number of aliphatic hydroxyl groups is 1. The van der Waals surface area contributed by atoms with Gasteiger partial charge in [-0.05, 0) is 36.8 Å². The van der Waals surface area contributed by atoms with Crippen LogP contribution in [0.1, 0.15) is 6.42 Å². The van der Waals surface area contributed by atoms with Gasteiger partial charge in [-0.25, -0.2) is 4.98 Å². The lowest BCUT2D eigenvalue weighted by Crippen LogP contribution is -2.35. The average molecular weight is 441 g/mol. The molecular weight excluding hydrogens is 424 g/mol. The fraction of sp³-hybridized carbons (Fsp3) is 0.250. The van der Waals surface area contributed by atoms with Gasteiger partial charge in [0.25, 0.3) is 0 Å². The van der Waals surface area contributed by atoms with Crippen molar-refractivity contribution in [1.29, 1.82) is 0 Å². The molecular formula is C16H17Cl4N3O3. The first-order valence-electron chi connectivity index (χ1n) is 7.32. The van der Waals surface area contributed by atoms with Gasteiger partial charge in [0.2, 0.25) is 11.8 Å². The molecule has 0 radical (unpaired) electrons. The molecule has 0 spiro atoms. The molecule has 1 aliphatic rings. The smallest absolute Gasteiger partial charge is 0.241 e. The second-order valence-electron chi connectivity index (χ2n) is 5.41. The first kappa shape index (κ1) is 22.8. The van der Waals surface area contributed by atoms with Gasteiger partial charge < -0.3 is 20.5 Å². The van der Waals surface area contributed by atoms with Gasteiger partial charge in [0.05, 0.1) is 17.2 Å². The molecule has 0 aliphatic carbocycles. The average Bonchev–Trinajstić information content (AvgIpc) is 2.98. The van der Waals surface area contributed by atoms with Crippen LogP contribution in [0.2, 0.25) is 10.0 Å².